The molecule has 0 fully saturated rings. The third-order valence-electron chi connectivity index (χ3n) is 4.24. The molecular weight excluding hydrogens is 450 g/mol. The van der Waals surface area contributed by atoms with Gasteiger partial charge in [-0.3, -0.25) is 14.9 Å². The Morgan fingerprint density at radius 3 is 2.53 bits per heavy atom. The predicted molar refractivity (Wildman–Crippen MR) is 120 cm³/mol. The molecule has 2 N–H and O–H groups in total. The molecule has 0 aliphatic rings. The summed E-state index contributed by atoms with van der Waals surface area (Å²) in [4.78, 5) is 22.6. The molecule has 154 valence electrons. The van der Waals surface area contributed by atoms with E-state index in [4.69, 9.17) is 4.74 Å². The lowest BCUT2D eigenvalue weighted by atomic mass is 10.2. The molecule has 0 saturated heterocycles. The Kier molecular flexibility index (Phi) is 7.03. The molecule has 0 radical (unpaired) electrons. The molecule has 3 aromatic rings. The number of rotatable bonds is 8. The topological polar surface area (TPSA) is 93.5 Å². The average molecular weight is 470 g/mol. The normalized spacial score (nSPS) is 10.3. The lowest BCUT2D eigenvalue weighted by molar-refractivity contribution is -0.384. The summed E-state index contributed by atoms with van der Waals surface area (Å²) in [5.74, 6) is 0.324. The van der Waals surface area contributed by atoms with Crippen LogP contribution in [0.2, 0.25) is 0 Å². The maximum Gasteiger partial charge on any atom is 0.269 e. The average Bonchev–Trinajstić information content (AvgIpc) is 2.72. The Labute approximate surface area is 182 Å². The van der Waals surface area contributed by atoms with Gasteiger partial charge in [0.15, 0.2) is 6.61 Å². The van der Waals surface area contributed by atoms with Crippen molar-refractivity contribution in [2.45, 2.75) is 13.5 Å². The molecule has 0 aliphatic carbocycles. The maximum absolute atomic E-state index is 12.2. The van der Waals surface area contributed by atoms with Gasteiger partial charge in [-0.15, -0.1) is 0 Å². The van der Waals surface area contributed by atoms with E-state index in [1.54, 1.807) is 18.2 Å². The van der Waals surface area contributed by atoms with E-state index in [0.29, 0.717) is 12.3 Å². The highest BCUT2D eigenvalue weighted by Crippen LogP contribution is 2.25. The van der Waals surface area contributed by atoms with Gasteiger partial charge in [-0.05, 0) is 55.0 Å². The summed E-state index contributed by atoms with van der Waals surface area (Å²) in [6, 6.07) is 19.2. The fourth-order valence-electron chi connectivity index (χ4n) is 2.79. The van der Waals surface area contributed by atoms with Gasteiger partial charge in [0.1, 0.15) is 5.75 Å². The number of aryl methyl sites for hydroxylation is 1. The highest BCUT2D eigenvalue weighted by atomic mass is 79.9. The summed E-state index contributed by atoms with van der Waals surface area (Å²) in [5, 5.41) is 16.8. The predicted octanol–water partition coefficient (Wildman–Crippen LogP) is 5.30. The molecule has 0 spiro atoms. The van der Waals surface area contributed by atoms with Gasteiger partial charge in [0.05, 0.1) is 4.92 Å². The Balaban J connectivity index is 1.61. The molecule has 0 atom stereocenters. The van der Waals surface area contributed by atoms with Crippen LogP contribution in [0.5, 0.6) is 5.75 Å². The standard InChI is InChI=1S/C22H20BrN3O4/c1-15-3-2-4-19(11-15)25-22(27)14-30-21-10-5-17(23)12-16(21)13-24-18-6-8-20(9-7-18)26(28)29/h2-12,24H,13-14H2,1H3,(H,25,27). The number of nitrogens with zero attached hydrogens (tertiary/aromatic N) is 1. The molecule has 0 aliphatic heterocycles. The number of amides is 1. The number of nitro groups is 1. The van der Waals surface area contributed by atoms with Gasteiger partial charge in [0, 0.05) is 40.1 Å². The summed E-state index contributed by atoms with van der Waals surface area (Å²) in [6.45, 7) is 2.25. The fraction of sp³-hybridized carbons (Fsp3) is 0.136. The van der Waals surface area contributed by atoms with Crippen LogP contribution in [-0.4, -0.2) is 17.4 Å². The SMILES string of the molecule is Cc1cccc(NC(=O)COc2ccc(Br)cc2CNc2ccc([N+](=O)[O-])cc2)c1. The van der Waals surface area contributed by atoms with Crippen molar-refractivity contribution in [2.75, 3.05) is 17.2 Å². The summed E-state index contributed by atoms with van der Waals surface area (Å²) in [7, 11) is 0. The van der Waals surface area contributed by atoms with Gasteiger partial charge in [0.2, 0.25) is 0 Å². The molecule has 7 nitrogen and oxygen atoms in total. The van der Waals surface area contributed by atoms with Gasteiger partial charge in [-0.2, -0.15) is 0 Å². The Hall–Kier alpha value is -3.39. The van der Waals surface area contributed by atoms with Gasteiger partial charge in [0.25, 0.3) is 11.6 Å². The first-order valence-electron chi connectivity index (χ1n) is 9.17. The maximum atomic E-state index is 12.2. The smallest absolute Gasteiger partial charge is 0.269 e. The van der Waals surface area contributed by atoms with E-state index < -0.39 is 4.92 Å². The zero-order valence-corrected chi connectivity index (χ0v) is 17.8. The first-order valence-corrected chi connectivity index (χ1v) is 9.96. The quantitative estimate of drug-likeness (QED) is 0.345. The lowest BCUT2D eigenvalue weighted by Crippen LogP contribution is -2.20. The van der Waals surface area contributed by atoms with Gasteiger partial charge in [-0.25, -0.2) is 0 Å². The van der Waals surface area contributed by atoms with Gasteiger partial charge < -0.3 is 15.4 Å². The molecule has 0 aromatic heterocycles. The zero-order valence-electron chi connectivity index (χ0n) is 16.2. The summed E-state index contributed by atoms with van der Waals surface area (Å²) in [6.07, 6.45) is 0. The van der Waals surface area contributed by atoms with Gasteiger partial charge in [-0.1, -0.05) is 28.1 Å². The Bertz CT molecular complexity index is 1050. The van der Waals surface area contributed by atoms with Crippen molar-refractivity contribution in [2.24, 2.45) is 0 Å². The number of hydrogen-bond donors (Lipinski definition) is 2. The van der Waals surface area contributed by atoms with Crippen LogP contribution >= 0.6 is 15.9 Å². The molecule has 3 rings (SSSR count). The summed E-state index contributed by atoms with van der Waals surface area (Å²) in [5.41, 5.74) is 3.39. The van der Waals surface area contributed by atoms with E-state index in [2.05, 4.69) is 26.6 Å². The van der Waals surface area contributed by atoms with E-state index >= 15 is 0 Å². The van der Waals surface area contributed by atoms with Gasteiger partial charge >= 0.3 is 0 Å². The molecule has 0 saturated carbocycles. The van der Waals surface area contributed by atoms with E-state index in [1.807, 2.05) is 43.3 Å². The number of ether oxygens (including phenoxy) is 1. The number of nitrogens with one attached hydrogen (secondary N) is 2. The number of hydrogen-bond acceptors (Lipinski definition) is 5. The second kappa shape index (κ2) is 9.89. The van der Waals surface area contributed by atoms with Crippen LogP contribution in [0.4, 0.5) is 17.1 Å². The molecule has 8 heteroatoms. The number of non-ortho nitro benzene ring substituents is 1. The summed E-state index contributed by atoms with van der Waals surface area (Å²) < 4.78 is 6.61. The number of carbonyl (C=O) groups is 1. The van der Waals surface area contributed by atoms with Crippen molar-refractivity contribution in [1.82, 2.24) is 0 Å². The van der Waals surface area contributed by atoms with Crippen LogP contribution in [0.25, 0.3) is 0 Å². The second-order valence-corrected chi connectivity index (χ2v) is 7.53. The fourth-order valence-corrected chi connectivity index (χ4v) is 3.20. The first kappa shape index (κ1) is 21.3. The second-order valence-electron chi connectivity index (χ2n) is 6.62. The number of carbonyl (C=O) groups excluding carboxylic acids is 1. The third kappa shape index (κ3) is 6.05. The number of benzene rings is 3. The molecule has 1 amide bonds. The van der Waals surface area contributed by atoms with E-state index in [0.717, 1.165) is 27.0 Å². The van der Waals surface area contributed by atoms with Crippen molar-refractivity contribution in [3.8, 4) is 5.75 Å². The zero-order chi connectivity index (χ0) is 21.5. The van der Waals surface area contributed by atoms with E-state index in [1.165, 1.54) is 12.1 Å². The highest BCUT2D eigenvalue weighted by Gasteiger charge is 2.10. The molecular formula is C22H20BrN3O4. The van der Waals surface area contributed by atoms with Crippen LogP contribution < -0.4 is 15.4 Å². The van der Waals surface area contributed by atoms with Crippen molar-refractivity contribution < 1.29 is 14.5 Å². The van der Waals surface area contributed by atoms with E-state index in [-0.39, 0.29) is 18.2 Å². The minimum absolute atomic E-state index is 0.0339. The van der Waals surface area contributed by atoms with Crippen LogP contribution in [0.15, 0.2) is 71.2 Å². The highest BCUT2D eigenvalue weighted by molar-refractivity contribution is 9.10. The van der Waals surface area contributed by atoms with E-state index in [9.17, 15) is 14.9 Å². The summed E-state index contributed by atoms with van der Waals surface area (Å²) >= 11 is 3.44. The number of halogens is 1. The Morgan fingerprint density at radius 2 is 1.83 bits per heavy atom. The molecule has 0 unspecified atom stereocenters. The van der Waals surface area contributed by atoms with Crippen LogP contribution in [0.3, 0.4) is 0 Å². The van der Waals surface area contributed by atoms with Crippen molar-refractivity contribution >= 4 is 38.9 Å². The van der Waals surface area contributed by atoms with Crippen LogP contribution in [-0.2, 0) is 11.3 Å². The van der Waals surface area contributed by atoms with Crippen molar-refractivity contribution in [3.63, 3.8) is 0 Å². The lowest BCUT2D eigenvalue weighted by Gasteiger charge is -2.14. The van der Waals surface area contributed by atoms with Crippen molar-refractivity contribution in [1.29, 1.82) is 0 Å². The molecule has 0 bridgehead atoms. The minimum Gasteiger partial charge on any atom is -0.483 e. The molecule has 0 heterocycles. The molecule has 30 heavy (non-hydrogen) atoms. The first-order chi connectivity index (χ1) is 14.4. The number of anilines is 2. The Morgan fingerprint density at radius 1 is 1.07 bits per heavy atom. The number of nitro benzene ring substituents is 1. The minimum atomic E-state index is -0.439. The largest absolute Gasteiger partial charge is 0.483 e. The van der Waals surface area contributed by atoms with Crippen LogP contribution in [0, 0.1) is 17.0 Å². The van der Waals surface area contributed by atoms with Crippen LogP contribution in [0.1, 0.15) is 11.1 Å². The third-order valence-corrected chi connectivity index (χ3v) is 4.74. The van der Waals surface area contributed by atoms with Crippen molar-refractivity contribution in [3.05, 3.63) is 92.4 Å². The molecule has 3 aromatic carbocycles. The monoisotopic (exact) mass is 469 g/mol.